The molecule has 30 heavy (non-hydrogen) atoms. The van der Waals surface area contributed by atoms with Crippen LogP contribution in [-0.4, -0.2) is 13.2 Å². The Labute approximate surface area is 182 Å². The zero-order valence-electron chi connectivity index (χ0n) is 18.4. The lowest BCUT2D eigenvalue weighted by atomic mass is 9.89. The van der Waals surface area contributed by atoms with Gasteiger partial charge in [-0.2, -0.15) is 0 Å². The summed E-state index contributed by atoms with van der Waals surface area (Å²) in [7, 11) is 0. The van der Waals surface area contributed by atoms with Crippen LogP contribution >= 0.6 is 0 Å². The number of rotatable bonds is 8. The van der Waals surface area contributed by atoms with Crippen molar-refractivity contribution in [2.45, 2.75) is 45.6 Å². The fourth-order valence-electron chi connectivity index (χ4n) is 3.79. The van der Waals surface area contributed by atoms with E-state index in [0.29, 0.717) is 12.5 Å². The molecular weight excluding hydrogens is 366 g/mol. The number of nitrogens with two attached hydrogens (primary N) is 1. The highest BCUT2D eigenvalue weighted by atomic mass is 16.5. The van der Waals surface area contributed by atoms with Crippen molar-refractivity contribution in [1.82, 2.24) is 0 Å². The first-order chi connectivity index (χ1) is 14.7. The fraction of sp³-hybridized carbons (Fsp3) is 0.357. The maximum atomic E-state index is 6.00. The van der Waals surface area contributed by atoms with Crippen LogP contribution in [0.15, 0.2) is 78.9 Å². The van der Waals surface area contributed by atoms with Gasteiger partial charge in [-0.15, -0.1) is 0 Å². The summed E-state index contributed by atoms with van der Waals surface area (Å²) < 4.78 is 6.00. The van der Waals surface area contributed by atoms with Gasteiger partial charge in [0, 0.05) is 12.5 Å². The first kappa shape index (κ1) is 22.3. The Morgan fingerprint density at radius 2 is 1.37 bits per heavy atom. The van der Waals surface area contributed by atoms with Gasteiger partial charge < -0.3 is 10.5 Å². The van der Waals surface area contributed by atoms with E-state index < -0.39 is 0 Å². The van der Waals surface area contributed by atoms with Gasteiger partial charge in [0.25, 0.3) is 0 Å². The zero-order valence-corrected chi connectivity index (χ0v) is 18.4. The minimum absolute atomic E-state index is 0.377. The van der Waals surface area contributed by atoms with Gasteiger partial charge in [0.05, 0.1) is 6.61 Å². The van der Waals surface area contributed by atoms with Crippen LogP contribution in [0.2, 0.25) is 0 Å². The van der Waals surface area contributed by atoms with Crippen molar-refractivity contribution in [1.29, 1.82) is 0 Å². The van der Waals surface area contributed by atoms with Crippen molar-refractivity contribution in [3.05, 3.63) is 107 Å². The lowest BCUT2D eigenvalue weighted by Gasteiger charge is -2.18. The third-order valence-corrected chi connectivity index (χ3v) is 5.54. The second kappa shape index (κ2) is 11.7. The summed E-state index contributed by atoms with van der Waals surface area (Å²) in [6, 6.07) is 28.0. The zero-order chi connectivity index (χ0) is 21.2. The highest BCUT2D eigenvalue weighted by molar-refractivity contribution is 5.32. The molecule has 2 nitrogen and oxygen atoms in total. The summed E-state index contributed by atoms with van der Waals surface area (Å²) in [6.45, 7) is 6.62. The molecule has 0 bridgehead atoms. The van der Waals surface area contributed by atoms with E-state index in [2.05, 4.69) is 92.7 Å². The summed E-state index contributed by atoms with van der Waals surface area (Å²) in [4.78, 5) is 0. The average molecular weight is 402 g/mol. The maximum Gasteiger partial charge on any atom is 0.0717 e. The molecule has 1 saturated carbocycles. The quantitative estimate of drug-likeness (QED) is 0.443. The van der Waals surface area contributed by atoms with Gasteiger partial charge in [-0.05, 0) is 62.3 Å². The minimum atomic E-state index is 0.377. The van der Waals surface area contributed by atoms with Gasteiger partial charge in [0.1, 0.15) is 0 Å². The maximum absolute atomic E-state index is 6.00. The van der Waals surface area contributed by atoms with E-state index in [-0.39, 0.29) is 0 Å². The minimum Gasteiger partial charge on any atom is -0.377 e. The van der Waals surface area contributed by atoms with E-state index >= 15 is 0 Å². The average Bonchev–Trinajstić information content (AvgIpc) is 3.60. The van der Waals surface area contributed by atoms with E-state index in [9.17, 15) is 0 Å². The molecule has 0 spiro atoms. The summed E-state index contributed by atoms with van der Waals surface area (Å²) >= 11 is 0. The molecular formula is C28H35NO. The second-order valence-electron chi connectivity index (χ2n) is 8.39. The normalized spacial score (nSPS) is 13.1. The summed E-state index contributed by atoms with van der Waals surface area (Å²) in [5, 5.41) is 0. The standard InChI is InChI=1S/C24H26O.C4H9N/c1-19-15-20(2)17-21(16-19)18-25-14-13-24(22-9-5-3-6-10-22)23-11-7-4-8-12-23;5-3-4-1-2-4/h3-12,15-17,24H,13-14,18H2,1-2H3;4H,1-3,5H2. The first-order valence-corrected chi connectivity index (χ1v) is 11.1. The Hall–Kier alpha value is -2.42. The van der Waals surface area contributed by atoms with Gasteiger partial charge >= 0.3 is 0 Å². The van der Waals surface area contributed by atoms with Crippen LogP contribution in [0.5, 0.6) is 0 Å². The van der Waals surface area contributed by atoms with E-state index in [4.69, 9.17) is 10.5 Å². The third kappa shape index (κ3) is 7.44. The number of hydrogen-bond acceptors (Lipinski definition) is 2. The molecule has 158 valence electrons. The Morgan fingerprint density at radius 1 is 0.833 bits per heavy atom. The van der Waals surface area contributed by atoms with Crippen LogP contribution in [0.1, 0.15) is 53.0 Å². The van der Waals surface area contributed by atoms with Crippen LogP contribution in [0.3, 0.4) is 0 Å². The molecule has 1 aliphatic rings. The van der Waals surface area contributed by atoms with Crippen molar-refractivity contribution in [2.24, 2.45) is 11.7 Å². The molecule has 0 radical (unpaired) electrons. The molecule has 0 saturated heterocycles. The largest absolute Gasteiger partial charge is 0.377 e. The molecule has 2 heteroatoms. The molecule has 0 aromatic heterocycles. The van der Waals surface area contributed by atoms with Gasteiger partial charge in [-0.25, -0.2) is 0 Å². The Bertz CT molecular complexity index is 812. The molecule has 1 aliphatic carbocycles. The monoisotopic (exact) mass is 401 g/mol. The molecule has 0 amide bonds. The predicted molar refractivity (Wildman–Crippen MR) is 127 cm³/mol. The van der Waals surface area contributed by atoms with Gasteiger partial charge in [0.2, 0.25) is 0 Å². The van der Waals surface area contributed by atoms with Crippen LogP contribution in [0.4, 0.5) is 0 Å². The van der Waals surface area contributed by atoms with Crippen molar-refractivity contribution < 1.29 is 4.74 Å². The van der Waals surface area contributed by atoms with E-state index in [1.807, 2.05) is 0 Å². The van der Waals surface area contributed by atoms with Gasteiger partial charge in [0.15, 0.2) is 0 Å². The predicted octanol–water partition coefficient (Wildman–Crippen LogP) is 6.40. The van der Waals surface area contributed by atoms with Crippen LogP contribution < -0.4 is 5.73 Å². The molecule has 4 rings (SSSR count). The van der Waals surface area contributed by atoms with Crippen molar-refractivity contribution >= 4 is 0 Å². The lowest BCUT2D eigenvalue weighted by molar-refractivity contribution is 0.116. The second-order valence-corrected chi connectivity index (χ2v) is 8.39. The molecule has 3 aromatic rings. The highest BCUT2D eigenvalue weighted by Crippen LogP contribution is 2.28. The van der Waals surface area contributed by atoms with E-state index in [1.54, 1.807) is 0 Å². The highest BCUT2D eigenvalue weighted by Gasteiger charge is 2.17. The number of aryl methyl sites for hydroxylation is 2. The number of ether oxygens (including phenoxy) is 1. The van der Waals surface area contributed by atoms with E-state index in [0.717, 1.165) is 25.5 Å². The Morgan fingerprint density at radius 3 is 1.80 bits per heavy atom. The molecule has 0 aliphatic heterocycles. The van der Waals surface area contributed by atoms with Crippen LogP contribution in [0, 0.1) is 19.8 Å². The molecule has 0 unspecified atom stereocenters. The van der Waals surface area contributed by atoms with Crippen molar-refractivity contribution in [2.75, 3.05) is 13.2 Å². The third-order valence-electron chi connectivity index (χ3n) is 5.54. The lowest BCUT2D eigenvalue weighted by Crippen LogP contribution is -2.06. The first-order valence-electron chi connectivity index (χ1n) is 11.1. The van der Waals surface area contributed by atoms with E-state index in [1.165, 1.54) is 40.7 Å². The van der Waals surface area contributed by atoms with Crippen molar-refractivity contribution in [3.63, 3.8) is 0 Å². The number of benzene rings is 3. The summed E-state index contributed by atoms with van der Waals surface area (Å²) in [6.07, 6.45) is 3.76. The summed E-state index contributed by atoms with van der Waals surface area (Å²) in [5.41, 5.74) is 11.8. The Balaban J connectivity index is 0.000000448. The fourth-order valence-corrected chi connectivity index (χ4v) is 3.79. The van der Waals surface area contributed by atoms with Gasteiger partial charge in [-0.3, -0.25) is 0 Å². The molecule has 0 heterocycles. The molecule has 2 N–H and O–H groups in total. The SMILES string of the molecule is Cc1cc(C)cc(COCCC(c2ccccc2)c2ccccc2)c1.NCC1CC1. The van der Waals surface area contributed by atoms with Gasteiger partial charge in [-0.1, -0.05) is 90.0 Å². The van der Waals surface area contributed by atoms with Crippen molar-refractivity contribution in [3.8, 4) is 0 Å². The summed E-state index contributed by atoms with van der Waals surface area (Å²) in [5.74, 6) is 1.29. The van der Waals surface area contributed by atoms with Crippen LogP contribution in [-0.2, 0) is 11.3 Å². The molecule has 1 fully saturated rings. The number of hydrogen-bond donors (Lipinski definition) is 1. The Kier molecular flexibility index (Phi) is 8.67. The molecule has 3 aromatic carbocycles. The van der Waals surface area contributed by atoms with Crippen LogP contribution in [0.25, 0.3) is 0 Å². The topological polar surface area (TPSA) is 35.2 Å². The smallest absolute Gasteiger partial charge is 0.0717 e. The molecule has 0 atom stereocenters.